The molecule has 0 aromatic rings. The van der Waals surface area contributed by atoms with Crippen LogP contribution in [0.4, 0.5) is 0 Å². The third kappa shape index (κ3) is 44.3. The van der Waals surface area contributed by atoms with Crippen LogP contribution < -0.4 is 0 Å². The number of ether oxygens (including phenoxy) is 2. The van der Waals surface area contributed by atoms with Gasteiger partial charge in [0.15, 0.2) is 6.10 Å². The summed E-state index contributed by atoms with van der Waals surface area (Å²) in [5.41, 5.74) is 0. The number of unbranched alkanes of at least 4 members (excludes halogenated alkanes) is 25. The molecule has 0 saturated carbocycles. The zero-order chi connectivity index (χ0) is 40.7. The second kappa shape index (κ2) is 47.0. The van der Waals surface area contributed by atoms with Crippen LogP contribution in [0.5, 0.6) is 0 Å². The minimum absolute atomic E-state index is 0.0631. The Bertz CT molecular complexity index is 977. The minimum atomic E-state index is -0.767. The normalized spacial score (nSPS) is 12.7. The molecule has 0 aromatic heterocycles. The average molecular weight is 783 g/mol. The van der Waals surface area contributed by atoms with Crippen molar-refractivity contribution in [3.05, 3.63) is 60.8 Å². The first-order valence-corrected chi connectivity index (χ1v) is 23.8. The summed E-state index contributed by atoms with van der Waals surface area (Å²) in [5, 5.41) is 9.56. The van der Waals surface area contributed by atoms with Crippen molar-refractivity contribution in [2.45, 2.75) is 238 Å². The van der Waals surface area contributed by atoms with Crippen LogP contribution in [0.3, 0.4) is 0 Å². The van der Waals surface area contributed by atoms with Crippen LogP contribution in [-0.4, -0.2) is 36.4 Å². The Morgan fingerprint density at radius 2 is 0.768 bits per heavy atom. The lowest BCUT2D eigenvalue weighted by Crippen LogP contribution is -2.28. The summed E-state index contributed by atoms with van der Waals surface area (Å²) in [5.74, 6) is -0.587. The first-order valence-electron chi connectivity index (χ1n) is 23.8. The van der Waals surface area contributed by atoms with Crippen LogP contribution in [0.25, 0.3) is 0 Å². The number of aliphatic hydroxyl groups is 1. The van der Waals surface area contributed by atoms with Crippen molar-refractivity contribution in [1.29, 1.82) is 0 Å². The molecule has 5 nitrogen and oxygen atoms in total. The van der Waals surface area contributed by atoms with E-state index in [2.05, 4.69) is 74.6 Å². The predicted molar refractivity (Wildman–Crippen MR) is 242 cm³/mol. The van der Waals surface area contributed by atoms with Crippen LogP contribution in [-0.2, 0) is 19.1 Å². The van der Waals surface area contributed by atoms with Crippen LogP contribution in [0.2, 0.25) is 0 Å². The van der Waals surface area contributed by atoms with Gasteiger partial charge >= 0.3 is 11.9 Å². The van der Waals surface area contributed by atoms with Crippen molar-refractivity contribution in [2.24, 2.45) is 0 Å². The smallest absolute Gasteiger partial charge is 0.306 e. The van der Waals surface area contributed by atoms with Crippen LogP contribution >= 0.6 is 0 Å². The molecule has 1 atom stereocenters. The molecule has 0 saturated heterocycles. The molecule has 56 heavy (non-hydrogen) atoms. The molecule has 0 rings (SSSR count). The highest BCUT2D eigenvalue weighted by molar-refractivity contribution is 5.70. The van der Waals surface area contributed by atoms with Gasteiger partial charge in [0.1, 0.15) is 6.61 Å². The molecular weight excluding hydrogens is 693 g/mol. The van der Waals surface area contributed by atoms with Gasteiger partial charge in [-0.25, -0.2) is 0 Å². The number of carbonyl (C=O) groups excluding carboxylic acids is 2. The zero-order valence-corrected chi connectivity index (χ0v) is 36.9. The fourth-order valence-corrected chi connectivity index (χ4v) is 6.76. The lowest BCUT2D eigenvalue weighted by atomic mass is 10.0. The Hall–Kier alpha value is -2.40. The topological polar surface area (TPSA) is 72.8 Å². The van der Waals surface area contributed by atoms with E-state index < -0.39 is 6.10 Å². The second-order valence-electron chi connectivity index (χ2n) is 15.8. The van der Waals surface area contributed by atoms with Crippen molar-refractivity contribution >= 4 is 11.9 Å². The Kier molecular flexibility index (Phi) is 45.0. The SMILES string of the molecule is CC/C=C\C/C=C\C/C=C\C/C=C\C/C=C\CCCCCCCCCCCCCCCCCCCC(=O)OC(CO)COC(=O)CCCCCCCCCCC. The molecule has 5 heteroatoms. The summed E-state index contributed by atoms with van der Waals surface area (Å²) in [6.07, 6.45) is 61.9. The van der Waals surface area contributed by atoms with Gasteiger partial charge in [0.2, 0.25) is 0 Å². The van der Waals surface area contributed by atoms with Crippen molar-refractivity contribution in [1.82, 2.24) is 0 Å². The van der Waals surface area contributed by atoms with Gasteiger partial charge in [-0.3, -0.25) is 9.59 Å². The van der Waals surface area contributed by atoms with E-state index in [-0.39, 0.29) is 25.2 Å². The molecule has 0 aliphatic rings. The summed E-state index contributed by atoms with van der Waals surface area (Å²) in [6, 6.07) is 0. The molecule has 324 valence electrons. The highest BCUT2D eigenvalue weighted by atomic mass is 16.6. The van der Waals surface area contributed by atoms with Crippen molar-refractivity contribution < 1.29 is 24.2 Å². The van der Waals surface area contributed by atoms with E-state index in [0.29, 0.717) is 12.8 Å². The maximum absolute atomic E-state index is 12.2. The standard InChI is InChI=1S/C51H90O5/c1-3-5-7-9-11-13-14-15-16-17-18-19-20-21-22-23-24-25-26-27-28-29-30-31-32-33-34-35-36-38-40-42-44-46-51(54)56-49(47-52)48-55-50(53)45-43-41-39-37-12-10-8-6-4-2/h5,7,11,13,15-16,18-19,21-22,49,52H,3-4,6,8-10,12,14,17,20,23-48H2,1-2H3/b7-5-,13-11-,16-15-,19-18-,22-21-. The molecule has 0 aromatic carbocycles. The van der Waals surface area contributed by atoms with E-state index in [1.807, 2.05) is 0 Å². The summed E-state index contributed by atoms with van der Waals surface area (Å²) in [6.45, 7) is 4.01. The third-order valence-corrected chi connectivity index (χ3v) is 10.3. The highest BCUT2D eigenvalue weighted by Gasteiger charge is 2.16. The number of hydrogen-bond donors (Lipinski definition) is 1. The lowest BCUT2D eigenvalue weighted by molar-refractivity contribution is -0.161. The maximum Gasteiger partial charge on any atom is 0.306 e. The summed E-state index contributed by atoms with van der Waals surface area (Å²) < 4.78 is 10.6. The fraction of sp³-hybridized carbons (Fsp3) is 0.765. The Balaban J connectivity index is 3.44. The van der Waals surface area contributed by atoms with Crippen molar-refractivity contribution in [2.75, 3.05) is 13.2 Å². The molecule has 0 heterocycles. The van der Waals surface area contributed by atoms with E-state index in [0.717, 1.165) is 70.6 Å². The number of rotatable bonds is 43. The number of esters is 2. The van der Waals surface area contributed by atoms with Crippen LogP contribution in [0.15, 0.2) is 60.8 Å². The molecule has 1 N–H and O–H groups in total. The number of carbonyl (C=O) groups is 2. The fourth-order valence-electron chi connectivity index (χ4n) is 6.76. The molecule has 0 aliphatic heterocycles. The Labute approximate surface area is 347 Å². The van der Waals surface area contributed by atoms with Gasteiger partial charge in [-0.1, -0.05) is 222 Å². The van der Waals surface area contributed by atoms with Gasteiger partial charge in [-0.05, 0) is 57.8 Å². The third-order valence-electron chi connectivity index (χ3n) is 10.3. The van der Waals surface area contributed by atoms with Crippen molar-refractivity contribution in [3.8, 4) is 0 Å². The van der Waals surface area contributed by atoms with Crippen LogP contribution in [0, 0.1) is 0 Å². The van der Waals surface area contributed by atoms with E-state index in [1.54, 1.807) is 0 Å². The van der Waals surface area contributed by atoms with Gasteiger partial charge in [0.25, 0.3) is 0 Å². The van der Waals surface area contributed by atoms with E-state index in [4.69, 9.17) is 9.47 Å². The monoisotopic (exact) mass is 783 g/mol. The first kappa shape index (κ1) is 53.6. The summed E-state index contributed by atoms with van der Waals surface area (Å²) >= 11 is 0. The lowest BCUT2D eigenvalue weighted by Gasteiger charge is -2.15. The number of hydrogen-bond acceptors (Lipinski definition) is 5. The molecular formula is C51H90O5. The molecule has 0 fully saturated rings. The van der Waals surface area contributed by atoms with Gasteiger partial charge in [-0.15, -0.1) is 0 Å². The summed E-state index contributed by atoms with van der Waals surface area (Å²) in [4.78, 5) is 24.2. The first-order chi connectivity index (χ1) is 27.6. The van der Waals surface area contributed by atoms with Gasteiger partial charge in [0.05, 0.1) is 6.61 Å². The average Bonchev–Trinajstić information content (AvgIpc) is 3.20. The number of allylic oxidation sites excluding steroid dienone is 10. The quantitative estimate of drug-likeness (QED) is 0.0379. The maximum atomic E-state index is 12.2. The van der Waals surface area contributed by atoms with Crippen LogP contribution in [0.1, 0.15) is 232 Å². The van der Waals surface area contributed by atoms with E-state index >= 15 is 0 Å². The molecule has 0 amide bonds. The summed E-state index contributed by atoms with van der Waals surface area (Å²) in [7, 11) is 0. The van der Waals surface area contributed by atoms with Gasteiger partial charge in [0, 0.05) is 12.8 Å². The molecule has 0 radical (unpaired) electrons. The minimum Gasteiger partial charge on any atom is -0.462 e. The second-order valence-corrected chi connectivity index (χ2v) is 15.8. The van der Waals surface area contributed by atoms with Gasteiger partial charge in [-0.2, -0.15) is 0 Å². The van der Waals surface area contributed by atoms with Crippen molar-refractivity contribution in [3.63, 3.8) is 0 Å². The number of aliphatic hydroxyl groups excluding tert-OH is 1. The van der Waals surface area contributed by atoms with E-state index in [1.165, 1.54) is 135 Å². The highest BCUT2D eigenvalue weighted by Crippen LogP contribution is 2.16. The molecule has 0 spiro atoms. The van der Waals surface area contributed by atoms with E-state index in [9.17, 15) is 14.7 Å². The zero-order valence-electron chi connectivity index (χ0n) is 36.9. The molecule has 1 unspecified atom stereocenters. The Morgan fingerprint density at radius 3 is 1.16 bits per heavy atom. The van der Waals surface area contributed by atoms with Gasteiger partial charge < -0.3 is 14.6 Å². The molecule has 0 bridgehead atoms. The largest absolute Gasteiger partial charge is 0.462 e. The molecule has 0 aliphatic carbocycles. The Morgan fingerprint density at radius 1 is 0.429 bits per heavy atom. The predicted octanol–water partition coefficient (Wildman–Crippen LogP) is 15.5.